The van der Waals surface area contributed by atoms with Crippen molar-refractivity contribution in [1.82, 2.24) is 0 Å². The topological polar surface area (TPSA) is 60.7 Å². The van der Waals surface area contributed by atoms with E-state index in [1.807, 2.05) is 13.8 Å². The molecule has 0 aliphatic carbocycles. The summed E-state index contributed by atoms with van der Waals surface area (Å²) in [5.41, 5.74) is 6.49. The molecule has 0 spiro atoms. The second kappa shape index (κ2) is 10.9. The molecule has 0 bridgehead atoms. The zero-order chi connectivity index (χ0) is 33.4. The molecule has 44 heavy (non-hydrogen) atoms. The fourth-order valence-electron chi connectivity index (χ4n) is 6.48. The fraction of sp³-hybridized carbons (Fsp3) is 0.500. The van der Waals surface area contributed by atoms with E-state index in [1.54, 1.807) is 0 Å². The normalized spacial score (nSPS) is 14.6. The molecule has 0 amide bonds. The molecular formula is C40H57O3P. The summed E-state index contributed by atoms with van der Waals surface area (Å²) in [6.07, 6.45) is 0. The zero-order valence-corrected chi connectivity index (χ0v) is 30.7. The van der Waals surface area contributed by atoms with Crippen LogP contribution < -0.4 is 0 Å². The van der Waals surface area contributed by atoms with Crippen molar-refractivity contribution in [3.63, 3.8) is 0 Å². The van der Waals surface area contributed by atoms with Crippen LogP contribution >= 0.6 is 7.94 Å². The third kappa shape index (κ3) is 6.63. The number of benzene rings is 4. The van der Waals surface area contributed by atoms with Crippen LogP contribution in [0.1, 0.15) is 136 Å². The summed E-state index contributed by atoms with van der Waals surface area (Å²) >= 11 is 0. The van der Waals surface area contributed by atoms with Crippen molar-refractivity contribution in [3.05, 3.63) is 94.0 Å². The predicted molar refractivity (Wildman–Crippen MR) is 194 cm³/mol. The molecule has 0 unspecified atom stereocenters. The van der Waals surface area contributed by atoms with Crippen molar-refractivity contribution < 1.29 is 14.7 Å². The molecule has 0 aliphatic rings. The molecule has 0 heterocycles. The van der Waals surface area contributed by atoms with Gasteiger partial charge in [0.2, 0.25) is 0 Å². The van der Waals surface area contributed by atoms with E-state index in [9.17, 15) is 14.7 Å². The Balaban J connectivity index is 2.17. The average Bonchev–Trinajstić information content (AvgIpc) is 2.84. The molecule has 240 valence electrons. The first-order valence-corrected chi connectivity index (χ1v) is 17.9. The van der Waals surface area contributed by atoms with Gasteiger partial charge in [0.05, 0.1) is 0 Å². The van der Waals surface area contributed by atoms with Gasteiger partial charge in [-0.2, -0.15) is 0 Å². The number of rotatable bonds is 4. The van der Waals surface area contributed by atoms with Crippen molar-refractivity contribution in [3.8, 4) is 0 Å². The number of fused-ring (bicyclic) bond motifs is 2. The molecule has 0 aromatic heterocycles. The van der Waals surface area contributed by atoms with Gasteiger partial charge < -0.3 is 0 Å². The maximum atomic E-state index is 11.2. The summed E-state index contributed by atoms with van der Waals surface area (Å²) in [5, 5.41) is 3.33. The van der Waals surface area contributed by atoms with Crippen molar-refractivity contribution in [2.24, 2.45) is 0 Å². The minimum atomic E-state index is -4.68. The van der Waals surface area contributed by atoms with Gasteiger partial charge in [-0.15, -0.1) is 0 Å². The van der Waals surface area contributed by atoms with Gasteiger partial charge in [0.1, 0.15) is 0 Å². The van der Waals surface area contributed by atoms with E-state index in [-0.39, 0.29) is 21.7 Å². The fourth-order valence-corrected chi connectivity index (χ4v) is 7.18. The minimum absolute atomic E-state index is 0.0225. The molecular weight excluding hydrogens is 559 g/mol. The Labute approximate surface area is 267 Å². The van der Waals surface area contributed by atoms with Gasteiger partial charge in [-0.25, -0.2) is 0 Å². The van der Waals surface area contributed by atoms with Crippen molar-refractivity contribution in [2.45, 2.75) is 130 Å². The summed E-state index contributed by atoms with van der Waals surface area (Å²) < 4.78 is 0. The van der Waals surface area contributed by atoms with Crippen LogP contribution in [0.4, 0.5) is 0 Å². The van der Waals surface area contributed by atoms with E-state index in [0.29, 0.717) is 0 Å². The maximum absolute atomic E-state index is 11.2. The monoisotopic (exact) mass is 616 g/mol. The van der Waals surface area contributed by atoms with Gasteiger partial charge in [0, 0.05) is 0 Å². The second-order valence-corrected chi connectivity index (χ2v) is 20.4. The second-order valence-electron chi connectivity index (χ2n) is 17.8. The third-order valence-corrected chi connectivity index (χ3v) is 11.6. The van der Waals surface area contributed by atoms with Gasteiger partial charge in [-0.1, -0.05) is 0 Å². The van der Waals surface area contributed by atoms with Crippen molar-refractivity contribution in [1.29, 1.82) is 0 Å². The molecule has 4 aromatic carbocycles. The van der Waals surface area contributed by atoms with Crippen molar-refractivity contribution >= 4 is 29.5 Å². The molecule has 3 N–H and O–H groups in total. The number of hydrogen-bond acceptors (Lipinski definition) is 3. The summed E-state index contributed by atoms with van der Waals surface area (Å²) in [6, 6.07) is 22.5. The van der Waals surface area contributed by atoms with Crippen LogP contribution in [0, 0.1) is 0 Å². The van der Waals surface area contributed by atoms with Crippen LogP contribution in [0.2, 0.25) is 0 Å². The first kappa shape index (κ1) is 34.6. The standard InChI is InChI=1S/C40H57O3P/c1-36(2,3)29-17-15-25-21-31(33(38(7,8)9)23-27(25)19-29)35(40(13,14)44(41,42)43)32-22-26-16-18-30(37(4,5)6)20-28(26)24-34(32)39(10,11)12/h15-24,35,41-44H,1-14H3. The van der Waals surface area contributed by atoms with Crippen LogP contribution in [0.15, 0.2) is 60.7 Å². The SMILES string of the molecule is CC(C)(C)c1ccc2cc(C(c3cc4ccc(C(C)(C)C)cc4cc3C(C)(C)C)C(C)(C)[PH](O)(O)O)c(C(C)(C)C)cc2c1. The van der Waals surface area contributed by atoms with Gasteiger partial charge in [-0.05, 0) is 0 Å². The van der Waals surface area contributed by atoms with Crippen LogP contribution in [-0.4, -0.2) is 19.8 Å². The van der Waals surface area contributed by atoms with Crippen LogP contribution in [0.25, 0.3) is 21.5 Å². The summed E-state index contributed by atoms with van der Waals surface area (Å²) in [6.45, 7) is 30.4. The third-order valence-electron chi connectivity index (χ3n) is 9.57. The molecule has 4 rings (SSSR count). The van der Waals surface area contributed by atoms with Gasteiger partial charge >= 0.3 is 268 Å². The Kier molecular flexibility index (Phi) is 8.57. The van der Waals surface area contributed by atoms with Gasteiger partial charge in [0.15, 0.2) is 0 Å². The molecule has 3 nitrogen and oxygen atoms in total. The van der Waals surface area contributed by atoms with Gasteiger partial charge in [0.25, 0.3) is 0 Å². The molecule has 0 saturated heterocycles. The zero-order valence-electron chi connectivity index (χ0n) is 29.7. The van der Waals surface area contributed by atoms with Crippen LogP contribution in [-0.2, 0) is 21.7 Å². The predicted octanol–water partition coefficient (Wildman–Crippen LogP) is 10.6. The van der Waals surface area contributed by atoms with Crippen molar-refractivity contribution in [2.75, 3.05) is 0 Å². The van der Waals surface area contributed by atoms with E-state index < -0.39 is 19.0 Å². The Bertz CT molecular complexity index is 1580. The molecule has 0 radical (unpaired) electrons. The average molecular weight is 617 g/mol. The molecule has 0 atom stereocenters. The van der Waals surface area contributed by atoms with Crippen LogP contribution in [0.5, 0.6) is 0 Å². The quantitative estimate of drug-likeness (QED) is 0.200. The van der Waals surface area contributed by atoms with Crippen LogP contribution in [0.3, 0.4) is 0 Å². The Morgan fingerprint density at radius 1 is 0.432 bits per heavy atom. The summed E-state index contributed by atoms with van der Waals surface area (Å²) in [7, 11) is -4.68. The van der Waals surface area contributed by atoms with E-state index in [2.05, 4.69) is 144 Å². The Morgan fingerprint density at radius 3 is 1.05 bits per heavy atom. The van der Waals surface area contributed by atoms with E-state index in [4.69, 9.17) is 0 Å². The summed E-state index contributed by atoms with van der Waals surface area (Å²) in [4.78, 5) is 33.5. The molecule has 0 aliphatic heterocycles. The van der Waals surface area contributed by atoms with Gasteiger partial charge in [-0.3, -0.25) is 0 Å². The molecule has 4 heteroatoms. The molecule has 4 aromatic rings. The Hall–Kier alpha value is -2.29. The van der Waals surface area contributed by atoms with E-state index in [0.717, 1.165) is 33.0 Å². The first-order valence-electron chi connectivity index (χ1n) is 16.1. The van der Waals surface area contributed by atoms with E-state index >= 15 is 0 Å². The molecule has 0 fully saturated rings. The first-order chi connectivity index (χ1) is 19.7. The Morgan fingerprint density at radius 2 is 0.773 bits per heavy atom. The number of hydrogen-bond donors (Lipinski definition) is 3. The van der Waals surface area contributed by atoms with E-state index in [1.165, 1.54) is 21.9 Å². The molecule has 0 saturated carbocycles. The summed E-state index contributed by atoms with van der Waals surface area (Å²) in [5.74, 6) is -0.476.